The number of carboxylic acids is 1. The molecule has 0 saturated heterocycles. The molecule has 5 heteroatoms. The minimum atomic E-state index is -0.881. The minimum absolute atomic E-state index is 0.104. The number of likely N-dealkylation sites (N-methyl/N-ethyl adjacent to an activating group) is 1. The van der Waals surface area contributed by atoms with Crippen LogP contribution in [0.25, 0.3) is 0 Å². The summed E-state index contributed by atoms with van der Waals surface area (Å²) in [6.07, 6.45) is 2.99. The molecule has 1 aliphatic rings. The van der Waals surface area contributed by atoms with Crippen LogP contribution in [0.2, 0.25) is 0 Å². The van der Waals surface area contributed by atoms with Gasteiger partial charge in [0.15, 0.2) is 0 Å². The van der Waals surface area contributed by atoms with Gasteiger partial charge in [-0.25, -0.2) is 0 Å². The van der Waals surface area contributed by atoms with Crippen LogP contribution in [-0.4, -0.2) is 46.7 Å². The Kier molecular flexibility index (Phi) is 4.93. The summed E-state index contributed by atoms with van der Waals surface area (Å²) in [5.74, 6) is -2.03. The predicted molar refractivity (Wildman–Crippen MR) is 62.4 cm³/mol. The maximum atomic E-state index is 12.2. The molecule has 17 heavy (non-hydrogen) atoms. The normalized spacial score (nSPS) is 26.3. The zero-order chi connectivity index (χ0) is 13.0. The topological polar surface area (TPSA) is 77.8 Å². The highest BCUT2D eigenvalue weighted by molar-refractivity contribution is 5.85. The smallest absolute Gasteiger partial charge is 0.307 e. The van der Waals surface area contributed by atoms with E-state index in [-0.39, 0.29) is 18.6 Å². The Balaban J connectivity index is 2.74. The summed E-state index contributed by atoms with van der Waals surface area (Å²) in [4.78, 5) is 24.7. The predicted octanol–water partition coefficient (Wildman–Crippen LogP) is 0.717. The van der Waals surface area contributed by atoms with Gasteiger partial charge in [0, 0.05) is 7.05 Å². The van der Waals surface area contributed by atoms with Crippen molar-refractivity contribution in [1.82, 2.24) is 4.90 Å². The van der Waals surface area contributed by atoms with E-state index in [1.165, 1.54) is 4.90 Å². The molecular weight excluding hydrogens is 222 g/mol. The number of rotatable bonds is 4. The molecule has 3 atom stereocenters. The van der Waals surface area contributed by atoms with Gasteiger partial charge in [0.1, 0.15) is 0 Å². The Hall–Kier alpha value is -1.10. The molecule has 0 aromatic carbocycles. The van der Waals surface area contributed by atoms with Gasteiger partial charge in [0.25, 0.3) is 0 Å². The molecule has 98 valence electrons. The number of aliphatic hydroxyl groups excluding tert-OH is 1. The van der Waals surface area contributed by atoms with Crippen LogP contribution < -0.4 is 0 Å². The largest absolute Gasteiger partial charge is 0.481 e. The lowest BCUT2D eigenvalue weighted by Gasteiger charge is -2.33. The molecule has 0 spiro atoms. The number of aliphatic hydroxyl groups is 1. The molecule has 1 fully saturated rings. The number of hydrogen-bond donors (Lipinski definition) is 2. The molecule has 5 nitrogen and oxygen atoms in total. The van der Waals surface area contributed by atoms with Crippen molar-refractivity contribution in [2.45, 2.75) is 38.6 Å². The maximum absolute atomic E-state index is 12.2. The Morgan fingerprint density at radius 3 is 2.29 bits per heavy atom. The second-order valence-electron chi connectivity index (χ2n) is 4.82. The van der Waals surface area contributed by atoms with Gasteiger partial charge in [-0.15, -0.1) is 0 Å². The van der Waals surface area contributed by atoms with Crippen molar-refractivity contribution in [3.8, 4) is 0 Å². The molecule has 0 bridgehead atoms. The van der Waals surface area contributed by atoms with Crippen molar-refractivity contribution in [2.24, 2.45) is 11.8 Å². The fourth-order valence-electron chi connectivity index (χ4n) is 2.32. The summed E-state index contributed by atoms with van der Waals surface area (Å²) in [5.41, 5.74) is 0. The number of hydrogen-bond acceptors (Lipinski definition) is 3. The first-order valence-corrected chi connectivity index (χ1v) is 6.09. The van der Waals surface area contributed by atoms with Gasteiger partial charge in [-0.2, -0.15) is 0 Å². The van der Waals surface area contributed by atoms with Crippen molar-refractivity contribution in [1.29, 1.82) is 0 Å². The van der Waals surface area contributed by atoms with Crippen molar-refractivity contribution in [3.63, 3.8) is 0 Å². The molecule has 1 saturated carbocycles. The summed E-state index contributed by atoms with van der Waals surface area (Å²) >= 11 is 0. The lowest BCUT2D eigenvalue weighted by molar-refractivity contribution is -0.152. The third-order valence-corrected chi connectivity index (χ3v) is 3.67. The van der Waals surface area contributed by atoms with E-state index in [0.29, 0.717) is 12.8 Å². The molecule has 0 aliphatic heterocycles. The number of carbonyl (C=O) groups excluding carboxylic acids is 1. The number of nitrogens with zero attached hydrogens (tertiary/aromatic N) is 1. The SMILES string of the molecule is CC(CO)N(C)C(=O)[C@@H]1CCCC[C@@H]1C(=O)O. The summed E-state index contributed by atoms with van der Waals surface area (Å²) in [7, 11) is 1.62. The van der Waals surface area contributed by atoms with Crippen LogP contribution in [0.15, 0.2) is 0 Å². The van der Waals surface area contributed by atoms with Gasteiger partial charge >= 0.3 is 5.97 Å². The van der Waals surface area contributed by atoms with Crippen LogP contribution in [0.3, 0.4) is 0 Å². The second kappa shape index (κ2) is 6.00. The van der Waals surface area contributed by atoms with Gasteiger partial charge in [0.05, 0.1) is 24.5 Å². The molecule has 1 amide bonds. The molecule has 1 aliphatic carbocycles. The van der Waals surface area contributed by atoms with Crippen molar-refractivity contribution in [3.05, 3.63) is 0 Å². The van der Waals surface area contributed by atoms with Crippen LogP contribution in [0, 0.1) is 11.8 Å². The highest BCUT2D eigenvalue weighted by Gasteiger charge is 2.37. The highest BCUT2D eigenvalue weighted by Crippen LogP contribution is 2.31. The van der Waals surface area contributed by atoms with Crippen molar-refractivity contribution < 1.29 is 19.8 Å². The molecule has 0 radical (unpaired) electrons. The van der Waals surface area contributed by atoms with Gasteiger partial charge in [-0.3, -0.25) is 9.59 Å². The maximum Gasteiger partial charge on any atom is 0.307 e. The zero-order valence-corrected chi connectivity index (χ0v) is 10.4. The summed E-state index contributed by atoms with van der Waals surface area (Å²) in [6.45, 7) is 1.64. The van der Waals surface area contributed by atoms with E-state index in [1.807, 2.05) is 0 Å². The number of amides is 1. The van der Waals surface area contributed by atoms with Crippen LogP contribution >= 0.6 is 0 Å². The zero-order valence-electron chi connectivity index (χ0n) is 10.4. The van der Waals surface area contributed by atoms with E-state index in [1.54, 1.807) is 14.0 Å². The highest BCUT2D eigenvalue weighted by atomic mass is 16.4. The number of carboxylic acid groups (broad SMARTS) is 1. The van der Waals surface area contributed by atoms with E-state index in [0.717, 1.165) is 12.8 Å². The third kappa shape index (κ3) is 3.19. The molecular formula is C12H21NO4. The molecule has 0 heterocycles. The number of carbonyl (C=O) groups is 2. The van der Waals surface area contributed by atoms with Gasteiger partial charge in [0.2, 0.25) is 5.91 Å². The monoisotopic (exact) mass is 243 g/mol. The van der Waals surface area contributed by atoms with Gasteiger partial charge in [-0.05, 0) is 19.8 Å². The van der Waals surface area contributed by atoms with E-state index in [4.69, 9.17) is 10.2 Å². The third-order valence-electron chi connectivity index (χ3n) is 3.67. The summed E-state index contributed by atoms with van der Waals surface area (Å²) < 4.78 is 0. The van der Waals surface area contributed by atoms with Gasteiger partial charge < -0.3 is 15.1 Å². The first-order valence-electron chi connectivity index (χ1n) is 6.09. The number of aliphatic carboxylic acids is 1. The van der Waals surface area contributed by atoms with Crippen molar-refractivity contribution >= 4 is 11.9 Å². The van der Waals surface area contributed by atoms with Crippen LogP contribution in [-0.2, 0) is 9.59 Å². The molecule has 0 aromatic heterocycles. The second-order valence-corrected chi connectivity index (χ2v) is 4.82. The standard InChI is InChI=1S/C12H21NO4/c1-8(7-14)13(2)11(15)9-5-3-4-6-10(9)12(16)17/h8-10,14H,3-7H2,1-2H3,(H,16,17)/t8?,9-,10+/m1/s1. The summed E-state index contributed by atoms with van der Waals surface area (Å²) in [5, 5.41) is 18.1. The van der Waals surface area contributed by atoms with Crippen LogP contribution in [0.4, 0.5) is 0 Å². The Bertz CT molecular complexity index is 292. The van der Waals surface area contributed by atoms with E-state index < -0.39 is 17.8 Å². The quantitative estimate of drug-likeness (QED) is 0.762. The lowest BCUT2D eigenvalue weighted by Crippen LogP contribution is -2.45. The Morgan fingerprint density at radius 1 is 1.29 bits per heavy atom. The van der Waals surface area contributed by atoms with Crippen LogP contribution in [0.1, 0.15) is 32.6 Å². The first kappa shape index (κ1) is 14.0. The molecule has 1 unspecified atom stereocenters. The van der Waals surface area contributed by atoms with E-state index in [9.17, 15) is 9.59 Å². The Morgan fingerprint density at radius 2 is 1.82 bits per heavy atom. The molecule has 2 N–H and O–H groups in total. The summed E-state index contributed by atoms with van der Waals surface area (Å²) in [6, 6.07) is -0.265. The van der Waals surface area contributed by atoms with E-state index in [2.05, 4.69) is 0 Å². The minimum Gasteiger partial charge on any atom is -0.481 e. The average molecular weight is 243 g/mol. The van der Waals surface area contributed by atoms with Crippen LogP contribution in [0.5, 0.6) is 0 Å². The fourth-order valence-corrected chi connectivity index (χ4v) is 2.32. The molecule has 1 rings (SSSR count). The average Bonchev–Trinajstić information content (AvgIpc) is 2.35. The van der Waals surface area contributed by atoms with Gasteiger partial charge in [-0.1, -0.05) is 12.8 Å². The molecule has 0 aromatic rings. The Labute approximate surface area is 101 Å². The fraction of sp³-hybridized carbons (Fsp3) is 0.833. The first-order chi connectivity index (χ1) is 7.99. The lowest BCUT2D eigenvalue weighted by atomic mass is 9.78. The van der Waals surface area contributed by atoms with E-state index >= 15 is 0 Å². The van der Waals surface area contributed by atoms with Crippen molar-refractivity contribution in [2.75, 3.05) is 13.7 Å².